The summed E-state index contributed by atoms with van der Waals surface area (Å²) >= 11 is 0. The first kappa shape index (κ1) is 10.5. The first-order valence-corrected chi connectivity index (χ1v) is 4.36. The zero-order chi connectivity index (χ0) is 8.69. The molecule has 0 spiro atoms. The molecular formula is C9H19NO. The summed E-state index contributed by atoms with van der Waals surface area (Å²) in [5, 5.41) is 2.74. The molecule has 0 rings (SSSR count). The van der Waals surface area contributed by atoms with Crippen molar-refractivity contribution in [1.82, 2.24) is 5.32 Å². The van der Waals surface area contributed by atoms with E-state index in [2.05, 4.69) is 19.2 Å². The first-order valence-electron chi connectivity index (χ1n) is 4.36. The lowest BCUT2D eigenvalue weighted by Gasteiger charge is -2.10. The van der Waals surface area contributed by atoms with Crippen molar-refractivity contribution in [2.24, 2.45) is 5.92 Å². The van der Waals surface area contributed by atoms with Crippen LogP contribution in [0.5, 0.6) is 0 Å². The lowest BCUT2D eigenvalue weighted by molar-refractivity contribution is -0.110. The van der Waals surface area contributed by atoms with Crippen LogP contribution in [0.25, 0.3) is 0 Å². The molecule has 0 aliphatic rings. The van der Waals surface area contributed by atoms with E-state index in [9.17, 15) is 4.79 Å². The van der Waals surface area contributed by atoms with Crippen LogP contribution in [0.1, 0.15) is 40.0 Å². The van der Waals surface area contributed by atoms with Gasteiger partial charge in [-0.25, -0.2) is 0 Å². The van der Waals surface area contributed by atoms with Gasteiger partial charge >= 0.3 is 0 Å². The minimum absolute atomic E-state index is 0.339. The first-order chi connectivity index (χ1) is 5.16. The van der Waals surface area contributed by atoms with Crippen molar-refractivity contribution in [3.63, 3.8) is 0 Å². The van der Waals surface area contributed by atoms with Gasteiger partial charge in [0.15, 0.2) is 0 Å². The van der Waals surface area contributed by atoms with Gasteiger partial charge in [0.25, 0.3) is 0 Å². The van der Waals surface area contributed by atoms with Crippen LogP contribution in [-0.2, 0) is 4.79 Å². The Hall–Kier alpha value is -0.530. The zero-order valence-electron chi connectivity index (χ0n) is 7.76. The van der Waals surface area contributed by atoms with E-state index in [1.807, 2.05) is 6.92 Å². The Labute approximate surface area is 69.4 Å². The van der Waals surface area contributed by atoms with Crippen molar-refractivity contribution in [2.75, 3.05) is 0 Å². The molecule has 0 aromatic heterocycles. The summed E-state index contributed by atoms with van der Waals surface area (Å²) < 4.78 is 0. The predicted molar refractivity (Wildman–Crippen MR) is 47.4 cm³/mol. The van der Waals surface area contributed by atoms with Gasteiger partial charge in [0.1, 0.15) is 0 Å². The number of carbonyl (C=O) groups is 1. The third-order valence-corrected chi connectivity index (χ3v) is 1.77. The van der Waals surface area contributed by atoms with Crippen LogP contribution >= 0.6 is 0 Å². The minimum atomic E-state index is 0.339. The Kier molecular flexibility index (Phi) is 5.90. The highest BCUT2D eigenvalue weighted by Gasteiger charge is 1.99. The van der Waals surface area contributed by atoms with Crippen LogP contribution in [-0.4, -0.2) is 12.5 Å². The van der Waals surface area contributed by atoms with Gasteiger partial charge in [-0.05, 0) is 19.3 Å². The SMILES string of the molecule is CC(C)CCCC(C)NC=O. The number of hydrogen-bond acceptors (Lipinski definition) is 1. The third kappa shape index (κ3) is 7.37. The predicted octanol–water partition coefficient (Wildman–Crippen LogP) is 1.95. The van der Waals surface area contributed by atoms with Crippen molar-refractivity contribution >= 4 is 6.41 Å². The van der Waals surface area contributed by atoms with Gasteiger partial charge in [0, 0.05) is 6.04 Å². The molecule has 0 radical (unpaired) electrons. The Balaban J connectivity index is 3.16. The van der Waals surface area contributed by atoms with Gasteiger partial charge in [-0.15, -0.1) is 0 Å². The van der Waals surface area contributed by atoms with Crippen molar-refractivity contribution in [3.05, 3.63) is 0 Å². The molecule has 1 atom stereocenters. The standard InChI is InChI=1S/C9H19NO/c1-8(2)5-4-6-9(3)10-7-11/h7-9H,4-6H2,1-3H3,(H,10,11). The molecule has 0 aliphatic carbocycles. The highest BCUT2D eigenvalue weighted by Crippen LogP contribution is 2.07. The molecule has 1 N–H and O–H groups in total. The molecule has 0 saturated carbocycles. The zero-order valence-corrected chi connectivity index (χ0v) is 7.76. The fourth-order valence-electron chi connectivity index (χ4n) is 1.03. The molecule has 0 aliphatic heterocycles. The average Bonchev–Trinajstić information content (AvgIpc) is 1.87. The Morgan fingerprint density at radius 3 is 2.36 bits per heavy atom. The minimum Gasteiger partial charge on any atom is -0.356 e. The highest BCUT2D eigenvalue weighted by molar-refractivity contribution is 5.46. The quantitative estimate of drug-likeness (QED) is 0.587. The number of nitrogens with one attached hydrogen (secondary N) is 1. The van der Waals surface area contributed by atoms with Gasteiger partial charge in [0.2, 0.25) is 6.41 Å². The summed E-state index contributed by atoms with van der Waals surface area (Å²) in [4.78, 5) is 10.0. The molecule has 0 bridgehead atoms. The van der Waals surface area contributed by atoms with E-state index < -0.39 is 0 Å². The monoisotopic (exact) mass is 157 g/mol. The number of rotatable bonds is 6. The summed E-state index contributed by atoms with van der Waals surface area (Å²) in [5.41, 5.74) is 0. The lowest BCUT2D eigenvalue weighted by atomic mass is 10.0. The van der Waals surface area contributed by atoms with Crippen LogP contribution in [0.2, 0.25) is 0 Å². The maximum Gasteiger partial charge on any atom is 0.207 e. The van der Waals surface area contributed by atoms with Crippen molar-refractivity contribution < 1.29 is 4.79 Å². The highest BCUT2D eigenvalue weighted by atomic mass is 16.1. The number of amides is 1. The number of hydrogen-bond donors (Lipinski definition) is 1. The second-order valence-electron chi connectivity index (χ2n) is 3.51. The van der Waals surface area contributed by atoms with Gasteiger partial charge in [-0.1, -0.05) is 26.7 Å². The third-order valence-electron chi connectivity index (χ3n) is 1.77. The fourth-order valence-corrected chi connectivity index (χ4v) is 1.03. The van der Waals surface area contributed by atoms with E-state index in [0.717, 1.165) is 18.7 Å². The molecule has 0 heterocycles. The normalized spacial score (nSPS) is 13.1. The summed E-state index contributed by atoms with van der Waals surface area (Å²) in [6.07, 6.45) is 4.33. The topological polar surface area (TPSA) is 29.1 Å². The lowest BCUT2D eigenvalue weighted by Crippen LogP contribution is -2.23. The second-order valence-corrected chi connectivity index (χ2v) is 3.51. The Morgan fingerprint density at radius 1 is 1.27 bits per heavy atom. The van der Waals surface area contributed by atoms with E-state index >= 15 is 0 Å². The molecule has 2 heteroatoms. The van der Waals surface area contributed by atoms with Gasteiger partial charge < -0.3 is 5.32 Å². The molecule has 0 aromatic rings. The van der Waals surface area contributed by atoms with E-state index in [1.165, 1.54) is 12.8 Å². The van der Waals surface area contributed by atoms with E-state index in [4.69, 9.17) is 0 Å². The summed E-state index contributed by atoms with van der Waals surface area (Å²) in [7, 11) is 0. The van der Waals surface area contributed by atoms with Crippen LogP contribution in [0, 0.1) is 5.92 Å². The van der Waals surface area contributed by atoms with Gasteiger partial charge in [-0.2, -0.15) is 0 Å². The molecule has 0 aromatic carbocycles. The van der Waals surface area contributed by atoms with Crippen molar-refractivity contribution in [3.8, 4) is 0 Å². The van der Waals surface area contributed by atoms with Crippen molar-refractivity contribution in [1.29, 1.82) is 0 Å². The largest absolute Gasteiger partial charge is 0.356 e. The van der Waals surface area contributed by atoms with E-state index in [1.54, 1.807) is 0 Å². The van der Waals surface area contributed by atoms with Gasteiger partial charge in [-0.3, -0.25) is 4.79 Å². The van der Waals surface area contributed by atoms with E-state index in [-0.39, 0.29) is 0 Å². The Bertz CT molecular complexity index is 102. The molecule has 66 valence electrons. The van der Waals surface area contributed by atoms with Crippen LogP contribution in [0.3, 0.4) is 0 Å². The summed E-state index contributed by atoms with van der Waals surface area (Å²) in [6.45, 7) is 6.48. The molecule has 1 amide bonds. The summed E-state index contributed by atoms with van der Waals surface area (Å²) in [5.74, 6) is 0.776. The Morgan fingerprint density at radius 2 is 1.91 bits per heavy atom. The summed E-state index contributed by atoms with van der Waals surface area (Å²) in [6, 6.07) is 0.339. The maximum absolute atomic E-state index is 10.0. The average molecular weight is 157 g/mol. The molecular weight excluding hydrogens is 138 g/mol. The second kappa shape index (κ2) is 6.20. The molecule has 0 fully saturated rings. The van der Waals surface area contributed by atoms with Gasteiger partial charge in [0.05, 0.1) is 0 Å². The molecule has 2 nitrogen and oxygen atoms in total. The van der Waals surface area contributed by atoms with Crippen LogP contribution < -0.4 is 5.32 Å². The maximum atomic E-state index is 10.0. The van der Waals surface area contributed by atoms with Crippen molar-refractivity contribution in [2.45, 2.75) is 46.1 Å². The molecule has 11 heavy (non-hydrogen) atoms. The molecule has 1 unspecified atom stereocenters. The van der Waals surface area contributed by atoms with Crippen LogP contribution in [0.4, 0.5) is 0 Å². The fraction of sp³-hybridized carbons (Fsp3) is 0.889. The van der Waals surface area contributed by atoms with Crippen LogP contribution in [0.15, 0.2) is 0 Å². The van der Waals surface area contributed by atoms with E-state index in [0.29, 0.717) is 6.04 Å². The number of carbonyl (C=O) groups excluding carboxylic acids is 1. The molecule has 0 saturated heterocycles. The smallest absolute Gasteiger partial charge is 0.207 e.